The van der Waals surface area contributed by atoms with Crippen LogP contribution < -0.4 is 9.47 Å². The first-order valence-corrected chi connectivity index (χ1v) is 12.5. The summed E-state index contributed by atoms with van der Waals surface area (Å²) >= 11 is 0. The smallest absolute Gasteiger partial charge is 0.262 e. The van der Waals surface area contributed by atoms with E-state index in [0.29, 0.717) is 35.9 Å². The van der Waals surface area contributed by atoms with E-state index in [-0.39, 0.29) is 12.2 Å². The number of ether oxygens (including phenoxy) is 2. The maximum atomic E-state index is 12.5. The summed E-state index contributed by atoms with van der Waals surface area (Å²) in [5, 5.41) is 20.4. The molecule has 5 aromatic rings. The van der Waals surface area contributed by atoms with Gasteiger partial charge in [-0.25, -0.2) is 9.67 Å². The molecule has 1 amide bonds. The van der Waals surface area contributed by atoms with Crippen molar-refractivity contribution >= 4 is 16.9 Å². The molecule has 0 saturated carbocycles. The van der Waals surface area contributed by atoms with Crippen LogP contribution in [0.25, 0.3) is 33.5 Å². The van der Waals surface area contributed by atoms with E-state index in [4.69, 9.17) is 19.0 Å². The maximum Gasteiger partial charge on any atom is 0.262 e. The molecule has 1 aliphatic rings. The Bertz CT molecular complexity index is 1680. The number of aromatic nitrogens is 4. The lowest BCUT2D eigenvalue weighted by Gasteiger charge is -2.16. The second-order valence-corrected chi connectivity index (χ2v) is 9.59. The molecule has 0 spiro atoms. The van der Waals surface area contributed by atoms with Gasteiger partial charge in [-0.05, 0) is 23.8 Å². The lowest BCUT2D eigenvalue weighted by atomic mass is 9.97. The van der Waals surface area contributed by atoms with Crippen molar-refractivity contribution in [1.29, 1.82) is 0 Å². The molecule has 39 heavy (non-hydrogen) atoms. The molecule has 0 aliphatic carbocycles. The Morgan fingerprint density at radius 2 is 1.79 bits per heavy atom. The van der Waals surface area contributed by atoms with E-state index in [1.807, 2.05) is 59.3 Å². The number of likely N-dealkylation sites (N-methyl/N-ethyl adjacent to an activating group) is 1. The van der Waals surface area contributed by atoms with Crippen LogP contribution in [0, 0.1) is 0 Å². The van der Waals surface area contributed by atoms with Crippen molar-refractivity contribution in [1.82, 2.24) is 24.8 Å². The fourth-order valence-electron chi connectivity index (χ4n) is 4.88. The van der Waals surface area contributed by atoms with Crippen molar-refractivity contribution in [3.8, 4) is 34.0 Å². The summed E-state index contributed by atoms with van der Waals surface area (Å²) in [6, 6.07) is 19.0. The highest BCUT2D eigenvalue weighted by Crippen LogP contribution is 2.36. The molecule has 6 rings (SSSR count). The zero-order chi connectivity index (χ0) is 27.1. The molecule has 10 heteroatoms. The molecular weight excluding hydrogens is 498 g/mol. The molecule has 3 aromatic heterocycles. The quantitative estimate of drug-likeness (QED) is 0.341. The van der Waals surface area contributed by atoms with Crippen LogP contribution in [0.3, 0.4) is 0 Å². The summed E-state index contributed by atoms with van der Waals surface area (Å²) in [5.41, 5.74) is 2.87. The maximum absolute atomic E-state index is 12.5. The van der Waals surface area contributed by atoms with Gasteiger partial charge in [-0.3, -0.25) is 4.79 Å². The summed E-state index contributed by atoms with van der Waals surface area (Å²) in [6.07, 6.45) is 2.01. The van der Waals surface area contributed by atoms with Crippen LogP contribution in [0.2, 0.25) is 0 Å². The molecule has 1 saturated heterocycles. The number of carbonyl (C=O) groups is 1. The van der Waals surface area contributed by atoms with Gasteiger partial charge in [0.1, 0.15) is 17.2 Å². The Morgan fingerprint density at radius 1 is 1.03 bits per heavy atom. The van der Waals surface area contributed by atoms with Crippen molar-refractivity contribution < 1.29 is 23.9 Å². The second kappa shape index (κ2) is 9.55. The van der Waals surface area contributed by atoms with Gasteiger partial charge in [-0.2, -0.15) is 5.10 Å². The van der Waals surface area contributed by atoms with Gasteiger partial charge in [0, 0.05) is 43.3 Å². The predicted octanol–water partition coefficient (Wildman–Crippen LogP) is 3.87. The topological polar surface area (TPSA) is 116 Å². The number of amides is 1. The number of methoxy groups -OCH3 is 2. The SMILES string of the molecule is COc1ccc(Cn2ncc3c(OC)cc(-c4cccc(-c5cc([C@]6(O)CCN(C)C6=O)on5)c4)nc32)cc1. The fraction of sp³-hybridized carbons (Fsp3) is 0.241. The van der Waals surface area contributed by atoms with E-state index in [0.717, 1.165) is 27.8 Å². The highest BCUT2D eigenvalue weighted by Gasteiger charge is 2.48. The number of fused-ring (bicyclic) bond motifs is 1. The Kier molecular flexibility index (Phi) is 6.03. The predicted molar refractivity (Wildman–Crippen MR) is 143 cm³/mol. The van der Waals surface area contributed by atoms with E-state index in [2.05, 4.69) is 10.3 Å². The number of pyridine rings is 1. The van der Waals surface area contributed by atoms with E-state index in [1.165, 1.54) is 4.90 Å². The largest absolute Gasteiger partial charge is 0.497 e. The average molecular weight is 526 g/mol. The van der Waals surface area contributed by atoms with Crippen LogP contribution in [0.1, 0.15) is 17.7 Å². The summed E-state index contributed by atoms with van der Waals surface area (Å²) in [4.78, 5) is 18.9. The van der Waals surface area contributed by atoms with E-state index in [1.54, 1.807) is 33.5 Å². The van der Waals surface area contributed by atoms with Crippen LogP contribution in [-0.2, 0) is 16.9 Å². The zero-order valence-electron chi connectivity index (χ0n) is 21.8. The molecule has 10 nitrogen and oxygen atoms in total. The highest BCUT2D eigenvalue weighted by atomic mass is 16.5. The third-order valence-corrected chi connectivity index (χ3v) is 7.16. The first-order chi connectivity index (χ1) is 18.9. The van der Waals surface area contributed by atoms with Gasteiger partial charge < -0.3 is 24.0 Å². The first kappa shape index (κ1) is 24.6. The van der Waals surface area contributed by atoms with Gasteiger partial charge >= 0.3 is 0 Å². The summed E-state index contributed by atoms with van der Waals surface area (Å²) < 4.78 is 18.2. The molecule has 1 fully saturated rings. The van der Waals surface area contributed by atoms with Crippen LogP contribution in [0.15, 0.2) is 71.4 Å². The molecule has 0 radical (unpaired) electrons. The lowest BCUT2D eigenvalue weighted by Crippen LogP contribution is -2.35. The van der Waals surface area contributed by atoms with Gasteiger partial charge in [0.15, 0.2) is 11.4 Å². The van der Waals surface area contributed by atoms with Crippen LogP contribution >= 0.6 is 0 Å². The van der Waals surface area contributed by atoms with E-state index < -0.39 is 11.5 Å². The Balaban J connectivity index is 1.35. The van der Waals surface area contributed by atoms with Crippen molar-refractivity contribution in [2.75, 3.05) is 27.8 Å². The third-order valence-electron chi connectivity index (χ3n) is 7.16. The highest BCUT2D eigenvalue weighted by molar-refractivity contribution is 5.88. The van der Waals surface area contributed by atoms with Gasteiger partial charge in [-0.15, -0.1) is 0 Å². The minimum Gasteiger partial charge on any atom is -0.497 e. The van der Waals surface area contributed by atoms with Crippen LogP contribution in [0.4, 0.5) is 0 Å². The molecule has 0 bridgehead atoms. The van der Waals surface area contributed by atoms with Crippen LogP contribution in [0.5, 0.6) is 11.5 Å². The summed E-state index contributed by atoms with van der Waals surface area (Å²) in [5.74, 6) is 1.20. The number of hydrogen-bond acceptors (Lipinski definition) is 8. The van der Waals surface area contributed by atoms with E-state index in [9.17, 15) is 9.90 Å². The standard InChI is InChI=1S/C29H27N5O5/c1-33-12-11-29(36,28(33)35)26-15-24(32-39-26)20-6-4-5-19(13-20)23-14-25(38-3)22-16-30-34(27(22)31-23)17-18-7-9-21(37-2)10-8-18/h4-10,13-16,36H,11-12,17H2,1-3H3/t29-/m1/s1. The summed E-state index contributed by atoms with van der Waals surface area (Å²) in [7, 11) is 4.92. The average Bonchev–Trinajstić information content (AvgIpc) is 3.69. The number of benzene rings is 2. The van der Waals surface area contributed by atoms with Gasteiger partial charge in [0.2, 0.25) is 5.60 Å². The molecule has 4 heterocycles. The molecule has 198 valence electrons. The molecule has 1 atom stereocenters. The third kappa shape index (κ3) is 4.28. The molecule has 2 aromatic carbocycles. The monoisotopic (exact) mass is 525 g/mol. The van der Waals surface area contributed by atoms with Crippen molar-refractivity contribution in [2.24, 2.45) is 0 Å². The van der Waals surface area contributed by atoms with Crippen LogP contribution in [-0.4, -0.2) is 63.6 Å². The van der Waals surface area contributed by atoms with E-state index >= 15 is 0 Å². The minimum atomic E-state index is -1.69. The summed E-state index contributed by atoms with van der Waals surface area (Å²) in [6.45, 7) is 0.984. The van der Waals surface area contributed by atoms with Gasteiger partial charge in [0.05, 0.1) is 38.0 Å². The number of nitrogens with zero attached hydrogens (tertiary/aromatic N) is 5. The number of rotatable bonds is 7. The number of hydrogen-bond donors (Lipinski definition) is 1. The van der Waals surface area contributed by atoms with Gasteiger partial charge in [-0.1, -0.05) is 35.5 Å². The Labute approximate surface area is 224 Å². The van der Waals surface area contributed by atoms with Crippen molar-refractivity contribution in [3.05, 3.63) is 78.2 Å². The van der Waals surface area contributed by atoms with Crippen molar-refractivity contribution in [3.63, 3.8) is 0 Å². The lowest BCUT2D eigenvalue weighted by molar-refractivity contribution is -0.144. The first-order valence-electron chi connectivity index (χ1n) is 12.5. The molecule has 1 N–H and O–H groups in total. The van der Waals surface area contributed by atoms with Crippen molar-refractivity contribution in [2.45, 2.75) is 18.6 Å². The Hall–Kier alpha value is -4.70. The number of likely N-dealkylation sites (tertiary alicyclic amines) is 1. The molecule has 0 unspecified atom stereocenters. The zero-order valence-corrected chi connectivity index (χ0v) is 21.8. The number of aliphatic hydroxyl groups is 1. The normalized spacial score (nSPS) is 17.2. The molecule has 1 aliphatic heterocycles. The minimum absolute atomic E-state index is 0.140. The molecular formula is C29H27N5O5. The second-order valence-electron chi connectivity index (χ2n) is 9.59. The fourth-order valence-corrected chi connectivity index (χ4v) is 4.88. The Morgan fingerprint density at radius 3 is 2.49 bits per heavy atom. The number of carbonyl (C=O) groups excluding carboxylic acids is 1. The van der Waals surface area contributed by atoms with Gasteiger partial charge in [0.25, 0.3) is 5.91 Å².